The molecule has 0 aromatic heterocycles. The summed E-state index contributed by atoms with van der Waals surface area (Å²) >= 11 is 0. The first kappa shape index (κ1) is 23.7. The lowest BCUT2D eigenvalue weighted by Gasteiger charge is -2.11. The lowest BCUT2D eigenvalue weighted by molar-refractivity contribution is 0.355. The smallest absolute Gasteiger partial charge is 0.162 e. The maximum absolute atomic E-state index is 5.34. The number of benzene rings is 1. The standard InChI is InChI=1S/C24H43NO2/c1-4-5-6-7-8-9-10-11-12-13-14-15-16-17-20-25-22-18-19-23(26-2)24(21-22)27-3/h18-19,21,25H,4-17,20H2,1-3H3. The number of rotatable bonds is 18. The third-order valence-corrected chi connectivity index (χ3v) is 5.24. The molecule has 0 aliphatic rings. The van der Waals surface area contributed by atoms with Gasteiger partial charge in [0.25, 0.3) is 0 Å². The van der Waals surface area contributed by atoms with Gasteiger partial charge >= 0.3 is 0 Å². The third kappa shape index (κ3) is 11.8. The van der Waals surface area contributed by atoms with Crippen molar-refractivity contribution in [2.45, 2.75) is 96.8 Å². The van der Waals surface area contributed by atoms with Crippen LogP contribution in [0, 0.1) is 0 Å². The Labute approximate surface area is 168 Å². The average molecular weight is 378 g/mol. The molecule has 0 heterocycles. The van der Waals surface area contributed by atoms with Gasteiger partial charge in [-0.05, 0) is 18.6 Å². The van der Waals surface area contributed by atoms with Crippen LogP contribution in [0.3, 0.4) is 0 Å². The van der Waals surface area contributed by atoms with Crippen molar-refractivity contribution < 1.29 is 9.47 Å². The van der Waals surface area contributed by atoms with Crippen LogP contribution in [0.4, 0.5) is 5.69 Å². The Kier molecular flexibility index (Phi) is 14.7. The molecule has 0 saturated carbocycles. The van der Waals surface area contributed by atoms with E-state index in [2.05, 4.69) is 12.2 Å². The summed E-state index contributed by atoms with van der Waals surface area (Å²) in [6.07, 6.45) is 19.6. The fourth-order valence-corrected chi connectivity index (χ4v) is 3.50. The van der Waals surface area contributed by atoms with Gasteiger partial charge in [-0.3, -0.25) is 0 Å². The lowest BCUT2D eigenvalue weighted by atomic mass is 10.0. The van der Waals surface area contributed by atoms with Crippen molar-refractivity contribution in [1.29, 1.82) is 0 Å². The molecule has 0 aliphatic carbocycles. The normalized spacial score (nSPS) is 10.8. The second-order valence-electron chi connectivity index (χ2n) is 7.59. The van der Waals surface area contributed by atoms with E-state index in [1.54, 1.807) is 14.2 Å². The number of nitrogens with one attached hydrogen (secondary N) is 1. The van der Waals surface area contributed by atoms with Gasteiger partial charge in [0.1, 0.15) is 0 Å². The Balaban J connectivity index is 1.89. The van der Waals surface area contributed by atoms with Crippen LogP contribution in [0.15, 0.2) is 18.2 Å². The highest BCUT2D eigenvalue weighted by Crippen LogP contribution is 2.29. The molecule has 27 heavy (non-hydrogen) atoms. The lowest BCUT2D eigenvalue weighted by Crippen LogP contribution is -2.02. The Bertz CT molecular complexity index is 462. The summed E-state index contributed by atoms with van der Waals surface area (Å²) in [5.41, 5.74) is 1.10. The predicted molar refractivity (Wildman–Crippen MR) is 118 cm³/mol. The van der Waals surface area contributed by atoms with Crippen molar-refractivity contribution in [3.05, 3.63) is 18.2 Å². The van der Waals surface area contributed by atoms with Gasteiger partial charge in [0.05, 0.1) is 14.2 Å². The fourth-order valence-electron chi connectivity index (χ4n) is 3.50. The molecule has 1 N–H and O–H groups in total. The second kappa shape index (κ2) is 16.8. The molecule has 0 amide bonds. The van der Waals surface area contributed by atoms with Crippen molar-refractivity contribution in [2.75, 3.05) is 26.1 Å². The first-order valence-corrected chi connectivity index (χ1v) is 11.3. The van der Waals surface area contributed by atoms with E-state index in [9.17, 15) is 0 Å². The van der Waals surface area contributed by atoms with Crippen LogP contribution in [0.2, 0.25) is 0 Å². The van der Waals surface area contributed by atoms with Crippen molar-refractivity contribution in [3.8, 4) is 11.5 Å². The zero-order chi connectivity index (χ0) is 19.6. The molecule has 0 spiro atoms. The van der Waals surface area contributed by atoms with Crippen LogP contribution in [-0.4, -0.2) is 20.8 Å². The van der Waals surface area contributed by atoms with E-state index in [1.807, 2.05) is 18.2 Å². The first-order valence-electron chi connectivity index (χ1n) is 11.3. The van der Waals surface area contributed by atoms with Crippen molar-refractivity contribution >= 4 is 5.69 Å². The average Bonchev–Trinajstić information content (AvgIpc) is 2.70. The van der Waals surface area contributed by atoms with Gasteiger partial charge in [-0.1, -0.05) is 90.4 Å². The summed E-state index contributed by atoms with van der Waals surface area (Å²) in [6, 6.07) is 6.00. The molecular formula is C24H43NO2. The van der Waals surface area contributed by atoms with Gasteiger partial charge in [0.15, 0.2) is 11.5 Å². The van der Waals surface area contributed by atoms with Crippen LogP contribution < -0.4 is 14.8 Å². The van der Waals surface area contributed by atoms with Crippen LogP contribution >= 0.6 is 0 Å². The first-order chi connectivity index (χ1) is 13.3. The summed E-state index contributed by atoms with van der Waals surface area (Å²) in [5.74, 6) is 1.56. The molecule has 1 aromatic carbocycles. The predicted octanol–water partition coefficient (Wildman–Crippen LogP) is 7.60. The van der Waals surface area contributed by atoms with E-state index in [1.165, 1.54) is 89.9 Å². The highest BCUT2D eigenvalue weighted by Gasteiger charge is 2.03. The number of anilines is 1. The van der Waals surface area contributed by atoms with Gasteiger partial charge in [0, 0.05) is 18.3 Å². The molecule has 156 valence electrons. The molecule has 0 saturated heterocycles. The van der Waals surface area contributed by atoms with Crippen LogP contribution in [0.5, 0.6) is 11.5 Å². The van der Waals surface area contributed by atoms with Crippen LogP contribution in [0.25, 0.3) is 0 Å². The zero-order valence-corrected chi connectivity index (χ0v) is 18.2. The van der Waals surface area contributed by atoms with E-state index < -0.39 is 0 Å². The van der Waals surface area contributed by atoms with Crippen LogP contribution in [-0.2, 0) is 0 Å². The Morgan fingerprint density at radius 2 is 1.11 bits per heavy atom. The van der Waals surface area contributed by atoms with E-state index >= 15 is 0 Å². The van der Waals surface area contributed by atoms with Crippen molar-refractivity contribution in [1.82, 2.24) is 0 Å². The number of hydrogen-bond acceptors (Lipinski definition) is 3. The van der Waals surface area contributed by atoms with E-state index in [4.69, 9.17) is 9.47 Å². The highest BCUT2D eigenvalue weighted by atomic mass is 16.5. The maximum Gasteiger partial charge on any atom is 0.162 e. The maximum atomic E-state index is 5.34. The molecule has 0 unspecified atom stereocenters. The molecule has 0 radical (unpaired) electrons. The summed E-state index contributed by atoms with van der Waals surface area (Å²) in [4.78, 5) is 0. The van der Waals surface area contributed by atoms with Crippen LogP contribution in [0.1, 0.15) is 96.8 Å². The van der Waals surface area contributed by atoms with Crippen molar-refractivity contribution in [3.63, 3.8) is 0 Å². The Hall–Kier alpha value is -1.38. The zero-order valence-electron chi connectivity index (χ0n) is 18.2. The van der Waals surface area contributed by atoms with E-state index in [0.29, 0.717) is 0 Å². The Morgan fingerprint density at radius 3 is 1.59 bits per heavy atom. The minimum Gasteiger partial charge on any atom is -0.493 e. The molecule has 0 fully saturated rings. The molecule has 0 aliphatic heterocycles. The van der Waals surface area contributed by atoms with Gasteiger partial charge in [-0.25, -0.2) is 0 Å². The molecule has 0 bridgehead atoms. The molecule has 3 nitrogen and oxygen atoms in total. The van der Waals surface area contributed by atoms with Gasteiger partial charge in [0.2, 0.25) is 0 Å². The third-order valence-electron chi connectivity index (χ3n) is 5.24. The highest BCUT2D eigenvalue weighted by molar-refractivity contribution is 5.54. The summed E-state index contributed by atoms with van der Waals surface area (Å²) in [5, 5.41) is 3.48. The summed E-state index contributed by atoms with van der Waals surface area (Å²) < 4.78 is 10.6. The van der Waals surface area contributed by atoms with E-state index in [-0.39, 0.29) is 0 Å². The minimum absolute atomic E-state index is 0.777. The van der Waals surface area contributed by atoms with Crippen molar-refractivity contribution in [2.24, 2.45) is 0 Å². The topological polar surface area (TPSA) is 30.5 Å². The molecule has 3 heteroatoms. The van der Waals surface area contributed by atoms with E-state index in [0.717, 1.165) is 23.7 Å². The Morgan fingerprint density at radius 1 is 0.630 bits per heavy atom. The number of methoxy groups -OCH3 is 2. The number of unbranched alkanes of at least 4 members (excludes halogenated alkanes) is 13. The summed E-state index contributed by atoms with van der Waals surface area (Å²) in [7, 11) is 3.34. The number of hydrogen-bond donors (Lipinski definition) is 1. The molecular weight excluding hydrogens is 334 g/mol. The molecule has 0 atom stereocenters. The van der Waals surface area contributed by atoms with Gasteiger partial charge < -0.3 is 14.8 Å². The fraction of sp³-hybridized carbons (Fsp3) is 0.750. The largest absolute Gasteiger partial charge is 0.493 e. The molecule has 1 rings (SSSR count). The SMILES string of the molecule is CCCCCCCCCCCCCCCCNc1ccc(OC)c(OC)c1. The van der Waals surface area contributed by atoms with Gasteiger partial charge in [-0.15, -0.1) is 0 Å². The number of ether oxygens (including phenoxy) is 2. The summed E-state index contributed by atoms with van der Waals surface area (Å²) in [6.45, 7) is 3.31. The molecule has 1 aromatic rings. The minimum atomic E-state index is 0.777. The van der Waals surface area contributed by atoms with Gasteiger partial charge in [-0.2, -0.15) is 0 Å². The second-order valence-corrected chi connectivity index (χ2v) is 7.59. The quantitative estimate of drug-likeness (QED) is 0.267. The monoisotopic (exact) mass is 377 g/mol.